The lowest BCUT2D eigenvalue weighted by molar-refractivity contribution is -0.176. The minimum Gasteiger partial charge on any atom is -0.493 e. The summed E-state index contributed by atoms with van der Waals surface area (Å²) >= 11 is 0. The maximum absolute atomic E-state index is 13.7. The molecule has 146 valence electrons. The highest BCUT2D eigenvalue weighted by molar-refractivity contribution is 6.07. The van der Waals surface area contributed by atoms with Crippen molar-refractivity contribution in [1.29, 1.82) is 0 Å². The molecule has 1 aliphatic rings. The third-order valence-electron chi connectivity index (χ3n) is 4.04. The Morgan fingerprint density at radius 1 is 1.15 bits per heavy atom. The maximum Gasteiger partial charge on any atom is 0.394 e. The van der Waals surface area contributed by atoms with Gasteiger partial charge in [-0.15, -0.1) is 0 Å². The Hall–Kier alpha value is -1.87. The average molecular weight is 390 g/mol. The van der Waals surface area contributed by atoms with E-state index in [0.717, 1.165) is 19.1 Å². The molecule has 1 unspecified atom stereocenters. The molecule has 1 aliphatic carbocycles. The summed E-state index contributed by atoms with van der Waals surface area (Å²) in [6.45, 7) is -0.0325. The molecule has 0 radical (unpaired) electrons. The quantitative estimate of drug-likeness (QED) is 0.652. The SMILES string of the molecule is CC(COc1ccc(CCC(F)(F)F)c2c1CC(F)(F)C2=O)C(F)(F)F. The van der Waals surface area contributed by atoms with E-state index in [1.165, 1.54) is 0 Å². The van der Waals surface area contributed by atoms with Crippen molar-refractivity contribution in [3.63, 3.8) is 0 Å². The summed E-state index contributed by atoms with van der Waals surface area (Å²) in [6, 6.07) is 2.04. The molecule has 26 heavy (non-hydrogen) atoms. The molecule has 0 fully saturated rings. The van der Waals surface area contributed by atoms with Crippen LogP contribution in [0.1, 0.15) is 34.8 Å². The Morgan fingerprint density at radius 3 is 2.31 bits per heavy atom. The Labute approximate surface area is 143 Å². The lowest BCUT2D eigenvalue weighted by Gasteiger charge is -2.18. The molecule has 0 saturated carbocycles. The van der Waals surface area contributed by atoms with Crippen LogP contribution in [0.15, 0.2) is 12.1 Å². The number of halogens is 8. The minimum absolute atomic E-state index is 0.226. The Bertz CT molecular complexity index is 691. The third-order valence-corrected chi connectivity index (χ3v) is 4.04. The van der Waals surface area contributed by atoms with E-state index in [-0.39, 0.29) is 16.9 Å². The number of hydrogen-bond acceptors (Lipinski definition) is 2. The molecule has 2 rings (SSSR count). The molecule has 10 heteroatoms. The first-order valence-corrected chi connectivity index (χ1v) is 7.56. The van der Waals surface area contributed by atoms with Crippen molar-refractivity contribution in [2.75, 3.05) is 6.61 Å². The van der Waals surface area contributed by atoms with Gasteiger partial charge in [0.15, 0.2) is 0 Å². The summed E-state index contributed by atoms with van der Waals surface area (Å²) in [7, 11) is 0. The zero-order valence-electron chi connectivity index (χ0n) is 13.4. The molecule has 1 atom stereocenters. The van der Waals surface area contributed by atoms with Gasteiger partial charge in [-0.05, 0) is 18.1 Å². The van der Waals surface area contributed by atoms with E-state index < -0.39 is 61.4 Å². The molecule has 0 amide bonds. The van der Waals surface area contributed by atoms with Crippen LogP contribution in [0.4, 0.5) is 35.1 Å². The first kappa shape index (κ1) is 20.4. The van der Waals surface area contributed by atoms with Crippen LogP contribution in [0.2, 0.25) is 0 Å². The zero-order chi connectivity index (χ0) is 19.9. The molecule has 0 N–H and O–H groups in total. The van der Waals surface area contributed by atoms with Crippen LogP contribution in [0, 0.1) is 5.92 Å². The Morgan fingerprint density at radius 2 is 1.77 bits per heavy atom. The number of Topliss-reactive ketones (excluding diaryl/α,β-unsaturated/α-hetero) is 1. The van der Waals surface area contributed by atoms with Crippen LogP contribution in [0.25, 0.3) is 0 Å². The molecular formula is C16H14F8O2. The molecule has 0 spiro atoms. The van der Waals surface area contributed by atoms with Gasteiger partial charge in [-0.3, -0.25) is 4.79 Å². The second kappa shape index (κ2) is 6.70. The fourth-order valence-electron chi connectivity index (χ4n) is 2.55. The van der Waals surface area contributed by atoms with Crippen LogP contribution >= 0.6 is 0 Å². The van der Waals surface area contributed by atoms with Crippen LogP contribution in [-0.4, -0.2) is 30.7 Å². The number of ketones is 1. The van der Waals surface area contributed by atoms with E-state index in [1.807, 2.05) is 0 Å². The number of aryl methyl sites for hydroxylation is 1. The van der Waals surface area contributed by atoms with Gasteiger partial charge in [-0.2, -0.15) is 35.1 Å². The number of hydrogen-bond donors (Lipinski definition) is 0. The lowest BCUT2D eigenvalue weighted by Crippen LogP contribution is -2.26. The number of fused-ring (bicyclic) bond motifs is 1. The van der Waals surface area contributed by atoms with Crippen LogP contribution < -0.4 is 4.74 Å². The van der Waals surface area contributed by atoms with E-state index >= 15 is 0 Å². The first-order valence-electron chi connectivity index (χ1n) is 7.56. The third kappa shape index (κ3) is 4.45. The first-order chi connectivity index (χ1) is 11.7. The van der Waals surface area contributed by atoms with E-state index in [4.69, 9.17) is 4.74 Å². The second-order valence-electron chi connectivity index (χ2n) is 6.16. The van der Waals surface area contributed by atoms with Gasteiger partial charge in [-0.25, -0.2) is 0 Å². The summed E-state index contributed by atoms with van der Waals surface area (Å²) in [5.74, 6) is -7.71. The normalized spacial score (nSPS) is 18.0. The van der Waals surface area contributed by atoms with Crippen molar-refractivity contribution in [2.45, 2.75) is 44.5 Å². The summed E-state index contributed by atoms with van der Waals surface area (Å²) in [4.78, 5) is 11.8. The van der Waals surface area contributed by atoms with Crippen molar-refractivity contribution in [1.82, 2.24) is 0 Å². The maximum atomic E-state index is 13.7. The Kier molecular flexibility index (Phi) is 5.26. The van der Waals surface area contributed by atoms with Gasteiger partial charge < -0.3 is 4.74 Å². The molecule has 0 aliphatic heterocycles. The van der Waals surface area contributed by atoms with Gasteiger partial charge in [0.1, 0.15) is 5.75 Å². The monoisotopic (exact) mass is 390 g/mol. The van der Waals surface area contributed by atoms with Gasteiger partial charge in [0.25, 0.3) is 0 Å². The van der Waals surface area contributed by atoms with Gasteiger partial charge in [0, 0.05) is 24.0 Å². The zero-order valence-corrected chi connectivity index (χ0v) is 13.4. The second-order valence-corrected chi connectivity index (χ2v) is 6.16. The molecule has 1 aromatic rings. The van der Waals surface area contributed by atoms with E-state index in [9.17, 15) is 39.9 Å². The standard InChI is InChI=1S/C16H14F8O2/c1-8(16(22,23)24)7-26-11-3-2-9(4-5-15(19,20)21)12-10(11)6-14(17,18)13(12)25/h2-3,8H,4-7H2,1H3. The number of carbonyl (C=O) groups is 1. The number of rotatable bonds is 5. The van der Waals surface area contributed by atoms with Gasteiger partial charge >= 0.3 is 18.3 Å². The van der Waals surface area contributed by atoms with Crippen LogP contribution in [0.5, 0.6) is 5.75 Å². The van der Waals surface area contributed by atoms with Crippen LogP contribution in [0.3, 0.4) is 0 Å². The van der Waals surface area contributed by atoms with E-state index in [1.54, 1.807) is 0 Å². The molecule has 1 aromatic carbocycles. The molecule has 0 saturated heterocycles. The summed E-state index contributed by atoms with van der Waals surface area (Å²) < 4.78 is 107. The van der Waals surface area contributed by atoms with Gasteiger partial charge in [0.05, 0.1) is 12.5 Å². The van der Waals surface area contributed by atoms with E-state index in [2.05, 4.69) is 0 Å². The van der Waals surface area contributed by atoms with Crippen LogP contribution in [-0.2, 0) is 12.8 Å². The van der Waals surface area contributed by atoms with Crippen molar-refractivity contribution in [3.05, 3.63) is 28.8 Å². The number of ether oxygens (including phenoxy) is 1. The van der Waals surface area contributed by atoms with Crippen molar-refractivity contribution in [2.24, 2.45) is 5.92 Å². The average Bonchev–Trinajstić information content (AvgIpc) is 2.72. The smallest absolute Gasteiger partial charge is 0.394 e. The molecule has 2 nitrogen and oxygen atoms in total. The van der Waals surface area contributed by atoms with Crippen molar-refractivity contribution in [3.8, 4) is 5.75 Å². The predicted octanol–water partition coefficient (Wildman–Crippen LogP) is 5.13. The lowest BCUT2D eigenvalue weighted by atomic mass is 9.98. The predicted molar refractivity (Wildman–Crippen MR) is 74.5 cm³/mol. The molecule has 0 heterocycles. The van der Waals surface area contributed by atoms with Crippen molar-refractivity contribution < 1.29 is 44.7 Å². The van der Waals surface area contributed by atoms with Gasteiger partial charge in [-0.1, -0.05) is 13.0 Å². The highest BCUT2D eigenvalue weighted by Crippen LogP contribution is 2.42. The largest absolute Gasteiger partial charge is 0.493 e. The van der Waals surface area contributed by atoms with Gasteiger partial charge in [0.2, 0.25) is 5.78 Å². The fourth-order valence-corrected chi connectivity index (χ4v) is 2.55. The summed E-state index contributed by atoms with van der Waals surface area (Å²) in [5.41, 5.74) is -1.17. The highest BCUT2D eigenvalue weighted by Gasteiger charge is 2.49. The summed E-state index contributed by atoms with van der Waals surface area (Å²) in [6.07, 6.45) is -12.2. The van der Waals surface area contributed by atoms with E-state index in [0.29, 0.717) is 0 Å². The molecular weight excluding hydrogens is 376 g/mol. The summed E-state index contributed by atoms with van der Waals surface area (Å²) in [5, 5.41) is 0. The molecule has 0 bridgehead atoms. The number of alkyl halides is 8. The topological polar surface area (TPSA) is 26.3 Å². The fraction of sp³-hybridized carbons (Fsp3) is 0.562. The number of carbonyl (C=O) groups excluding carboxylic acids is 1. The Balaban J connectivity index is 2.32. The van der Waals surface area contributed by atoms with Crippen molar-refractivity contribution >= 4 is 5.78 Å². The highest BCUT2D eigenvalue weighted by atomic mass is 19.4. The molecule has 0 aromatic heterocycles. The minimum atomic E-state index is -4.56. The number of benzene rings is 1.